The van der Waals surface area contributed by atoms with Gasteiger partial charge in [0.15, 0.2) is 0 Å². The Hall–Kier alpha value is -0.860. The van der Waals surface area contributed by atoms with Crippen LogP contribution in [0.5, 0.6) is 0 Å². The topological polar surface area (TPSA) is 46.2 Å². The molecule has 0 atom stereocenters. The molecule has 0 aromatic rings. The Morgan fingerprint density at radius 3 is 1.29 bits per heavy atom. The van der Waals surface area contributed by atoms with Gasteiger partial charge < -0.3 is 10.1 Å². The summed E-state index contributed by atoms with van der Waals surface area (Å²) >= 11 is 0. The maximum absolute atomic E-state index is 9.93. The molecule has 0 aliphatic rings. The van der Waals surface area contributed by atoms with Crippen molar-refractivity contribution >= 4 is 11.7 Å². The third kappa shape index (κ3) is 66.8. The van der Waals surface area contributed by atoms with Crippen molar-refractivity contribution in [3.8, 4) is 0 Å². The Bertz CT molecular complexity index is 133. The van der Waals surface area contributed by atoms with Crippen LogP contribution in [0.15, 0.2) is 0 Å². The van der Waals surface area contributed by atoms with Crippen LogP contribution in [0.2, 0.25) is 0 Å². The normalized spacial score (nSPS) is 7.29. The van der Waals surface area contributed by atoms with E-state index in [-0.39, 0.29) is 11.7 Å². The molecule has 3 nitrogen and oxygen atoms in total. The molecule has 0 radical (unpaired) electrons. The molecule has 0 aromatic heterocycles. The van der Waals surface area contributed by atoms with Gasteiger partial charge in [0, 0.05) is 19.9 Å². The molecule has 0 saturated carbocycles. The van der Waals surface area contributed by atoms with E-state index in [0.717, 1.165) is 6.54 Å². The van der Waals surface area contributed by atoms with Crippen molar-refractivity contribution in [2.24, 2.45) is 0 Å². The van der Waals surface area contributed by atoms with E-state index in [1.54, 1.807) is 6.92 Å². The van der Waals surface area contributed by atoms with E-state index in [2.05, 4.69) is 19.2 Å². The average molecular weight is 203 g/mol. The maximum atomic E-state index is 9.93. The van der Waals surface area contributed by atoms with E-state index < -0.39 is 0 Å². The standard InChI is InChI=1S/C4H9NO.C4H8O.C3H8/c1-3-5-4(2)6;1-3-4(2)5;1-3-2/h3H2,1-2H3,(H,5,6);3H2,1-2H3;3H2,1-2H3. The van der Waals surface area contributed by atoms with E-state index in [4.69, 9.17) is 0 Å². The van der Waals surface area contributed by atoms with Gasteiger partial charge in [-0.25, -0.2) is 0 Å². The lowest BCUT2D eigenvalue weighted by Gasteiger charge is -1.88. The molecule has 0 fully saturated rings. The van der Waals surface area contributed by atoms with Crippen LogP contribution in [0, 0.1) is 0 Å². The zero-order valence-electron chi connectivity index (χ0n) is 10.4. The molecule has 3 heteroatoms. The highest BCUT2D eigenvalue weighted by Crippen LogP contribution is 1.71. The summed E-state index contributed by atoms with van der Waals surface area (Å²) in [4.78, 5) is 19.7. The first-order valence-electron chi connectivity index (χ1n) is 5.19. The van der Waals surface area contributed by atoms with Gasteiger partial charge in [-0.1, -0.05) is 27.2 Å². The predicted octanol–water partition coefficient (Wildman–Crippen LogP) is 2.54. The molecule has 86 valence electrons. The number of ketones is 1. The molecule has 0 rings (SSSR count). The first kappa shape index (κ1) is 18.8. The zero-order valence-corrected chi connectivity index (χ0v) is 10.4. The van der Waals surface area contributed by atoms with Gasteiger partial charge in [0.1, 0.15) is 5.78 Å². The number of carbonyl (C=O) groups excluding carboxylic acids is 2. The molecular weight excluding hydrogens is 178 g/mol. The van der Waals surface area contributed by atoms with Gasteiger partial charge in [0.25, 0.3) is 0 Å². The molecule has 1 N–H and O–H groups in total. The fraction of sp³-hybridized carbons (Fsp3) is 0.818. The van der Waals surface area contributed by atoms with Crippen molar-refractivity contribution in [3.05, 3.63) is 0 Å². The number of rotatable bonds is 2. The summed E-state index contributed by atoms with van der Waals surface area (Å²) in [5.74, 6) is 0.294. The third-order valence-electron chi connectivity index (χ3n) is 0.924. The molecule has 14 heavy (non-hydrogen) atoms. The second kappa shape index (κ2) is 18.0. The number of nitrogens with one attached hydrogen (secondary N) is 1. The largest absolute Gasteiger partial charge is 0.357 e. The van der Waals surface area contributed by atoms with Crippen LogP contribution in [0.1, 0.15) is 54.4 Å². The average Bonchev–Trinajstić information content (AvgIpc) is 2.06. The summed E-state index contributed by atoms with van der Waals surface area (Å²) in [6.07, 6.45) is 1.92. The molecule has 0 aliphatic heterocycles. The summed E-state index contributed by atoms with van der Waals surface area (Å²) in [5.41, 5.74) is 0. The molecule has 0 unspecified atom stereocenters. The zero-order chi connectivity index (χ0) is 12.0. The van der Waals surface area contributed by atoms with Crippen LogP contribution in [-0.4, -0.2) is 18.2 Å². The van der Waals surface area contributed by atoms with Gasteiger partial charge >= 0.3 is 0 Å². The van der Waals surface area contributed by atoms with Crippen LogP contribution in [0.25, 0.3) is 0 Å². The van der Waals surface area contributed by atoms with Gasteiger partial charge in [0.2, 0.25) is 5.91 Å². The first-order valence-corrected chi connectivity index (χ1v) is 5.19. The summed E-state index contributed by atoms with van der Waals surface area (Å²) < 4.78 is 0. The minimum Gasteiger partial charge on any atom is -0.357 e. The predicted molar refractivity (Wildman–Crippen MR) is 61.3 cm³/mol. The fourth-order valence-corrected chi connectivity index (χ4v) is 0.249. The van der Waals surface area contributed by atoms with Gasteiger partial charge in [-0.05, 0) is 13.8 Å². The Balaban J connectivity index is -0.000000138. The molecule has 0 bridgehead atoms. The van der Waals surface area contributed by atoms with Crippen molar-refractivity contribution < 1.29 is 9.59 Å². The van der Waals surface area contributed by atoms with E-state index in [0.29, 0.717) is 6.42 Å². The minimum atomic E-state index is 0.0394. The number of carbonyl (C=O) groups is 2. The Morgan fingerprint density at radius 2 is 1.29 bits per heavy atom. The summed E-state index contributed by atoms with van der Waals surface area (Å²) in [6.45, 7) is 11.8. The van der Waals surface area contributed by atoms with Crippen molar-refractivity contribution in [2.45, 2.75) is 54.4 Å². The van der Waals surface area contributed by atoms with Crippen LogP contribution in [0.4, 0.5) is 0 Å². The Kier molecular flexibility index (Phi) is 24.3. The van der Waals surface area contributed by atoms with E-state index in [1.165, 1.54) is 13.3 Å². The van der Waals surface area contributed by atoms with Crippen molar-refractivity contribution in [2.75, 3.05) is 6.54 Å². The first-order chi connectivity index (χ1) is 6.45. The molecule has 1 amide bonds. The minimum absolute atomic E-state index is 0.0394. The third-order valence-corrected chi connectivity index (χ3v) is 0.924. The molecule has 0 heterocycles. The molecule has 0 saturated heterocycles. The lowest BCUT2D eigenvalue weighted by atomic mass is 10.4. The van der Waals surface area contributed by atoms with Crippen LogP contribution < -0.4 is 5.32 Å². The van der Waals surface area contributed by atoms with Crippen molar-refractivity contribution in [1.29, 1.82) is 0 Å². The smallest absolute Gasteiger partial charge is 0.216 e. The van der Waals surface area contributed by atoms with E-state index >= 15 is 0 Å². The molecule has 0 spiro atoms. The number of hydrogen-bond acceptors (Lipinski definition) is 2. The van der Waals surface area contributed by atoms with E-state index in [9.17, 15) is 9.59 Å². The lowest BCUT2D eigenvalue weighted by molar-refractivity contribution is -0.119. The highest BCUT2D eigenvalue weighted by molar-refractivity contribution is 5.74. The second-order valence-electron chi connectivity index (χ2n) is 2.85. The van der Waals surface area contributed by atoms with E-state index in [1.807, 2.05) is 13.8 Å². The Morgan fingerprint density at radius 1 is 1.00 bits per heavy atom. The van der Waals surface area contributed by atoms with Gasteiger partial charge in [-0.2, -0.15) is 0 Å². The van der Waals surface area contributed by atoms with Crippen LogP contribution in [-0.2, 0) is 9.59 Å². The fourth-order valence-electron chi connectivity index (χ4n) is 0.249. The van der Waals surface area contributed by atoms with Crippen molar-refractivity contribution in [3.63, 3.8) is 0 Å². The second-order valence-corrected chi connectivity index (χ2v) is 2.85. The van der Waals surface area contributed by atoms with Crippen LogP contribution >= 0.6 is 0 Å². The van der Waals surface area contributed by atoms with Gasteiger partial charge in [-0.15, -0.1) is 0 Å². The molecule has 0 aliphatic carbocycles. The van der Waals surface area contributed by atoms with Crippen LogP contribution in [0.3, 0.4) is 0 Å². The highest BCUT2D eigenvalue weighted by atomic mass is 16.1. The monoisotopic (exact) mass is 203 g/mol. The van der Waals surface area contributed by atoms with Gasteiger partial charge in [-0.3, -0.25) is 4.79 Å². The maximum Gasteiger partial charge on any atom is 0.216 e. The van der Waals surface area contributed by atoms with Gasteiger partial charge in [0.05, 0.1) is 0 Å². The number of amides is 1. The van der Waals surface area contributed by atoms with Crippen molar-refractivity contribution in [1.82, 2.24) is 5.32 Å². The summed E-state index contributed by atoms with van der Waals surface area (Å²) in [7, 11) is 0. The molecular formula is C11H25NO2. The summed E-state index contributed by atoms with van der Waals surface area (Å²) in [6, 6.07) is 0. The lowest BCUT2D eigenvalue weighted by Crippen LogP contribution is -2.18. The molecule has 0 aromatic carbocycles. The summed E-state index contributed by atoms with van der Waals surface area (Å²) in [5, 5.41) is 2.57. The number of Topliss-reactive ketones (excluding diaryl/α,β-unsaturated/α-hetero) is 1. The quantitative estimate of drug-likeness (QED) is 0.749. The highest BCUT2D eigenvalue weighted by Gasteiger charge is 1.79. The number of hydrogen-bond donors (Lipinski definition) is 1. The Labute approximate surface area is 88.3 Å². The SMILES string of the molecule is CCC.CCC(C)=O.CCNC(C)=O.